The first-order chi connectivity index (χ1) is 6.97. The number of aliphatic hydroxyl groups is 1. The predicted octanol–water partition coefficient (Wildman–Crippen LogP) is 0.813. The molecule has 96 valence electrons. The van der Waals surface area contributed by atoms with Crippen LogP contribution in [0.4, 0.5) is 0 Å². The second-order valence-electron chi connectivity index (χ2n) is 4.78. The van der Waals surface area contributed by atoms with Gasteiger partial charge >= 0.3 is 0 Å². The third-order valence-electron chi connectivity index (χ3n) is 2.93. The van der Waals surface area contributed by atoms with Crippen LogP contribution >= 0.6 is 12.4 Å². The number of carbonyl (C=O) groups is 1. The maximum atomic E-state index is 11.7. The SMILES string of the molecule is CCCC(C)(N)C(=O)NCC(O)C1CC1.Cl. The van der Waals surface area contributed by atoms with Crippen molar-refractivity contribution in [1.82, 2.24) is 5.32 Å². The fourth-order valence-corrected chi connectivity index (χ4v) is 1.68. The number of nitrogens with one attached hydrogen (secondary N) is 1. The molecule has 4 N–H and O–H groups in total. The van der Waals surface area contributed by atoms with Crippen molar-refractivity contribution in [3.8, 4) is 0 Å². The number of rotatable bonds is 6. The van der Waals surface area contributed by atoms with Crippen LogP contribution in [0, 0.1) is 5.92 Å². The Morgan fingerprint density at radius 2 is 2.19 bits per heavy atom. The van der Waals surface area contributed by atoms with Crippen LogP contribution in [0.1, 0.15) is 39.5 Å². The van der Waals surface area contributed by atoms with Crippen LogP contribution in [0.15, 0.2) is 0 Å². The second kappa shape index (κ2) is 6.42. The molecular weight excluding hydrogens is 228 g/mol. The summed E-state index contributed by atoms with van der Waals surface area (Å²) in [6.45, 7) is 4.06. The van der Waals surface area contributed by atoms with Gasteiger partial charge in [0.25, 0.3) is 0 Å². The van der Waals surface area contributed by atoms with E-state index in [0.29, 0.717) is 18.9 Å². The number of amides is 1. The molecule has 0 radical (unpaired) electrons. The molecule has 1 rings (SSSR count). The number of hydrogen-bond acceptors (Lipinski definition) is 3. The van der Waals surface area contributed by atoms with Crippen LogP contribution in [-0.2, 0) is 4.79 Å². The van der Waals surface area contributed by atoms with Crippen molar-refractivity contribution in [3.05, 3.63) is 0 Å². The Balaban J connectivity index is 0.00000225. The predicted molar refractivity (Wildman–Crippen MR) is 66.5 cm³/mol. The van der Waals surface area contributed by atoms with Gasteiger partial charge in [0, 0.05) is 6.54 Å². The van der Waals surface area contributed by atoms with Gasteiger partial charge in [-0.2, -0.15) is 0 Å². The van der Waals surface area contributed by atoms with Crippen LogP contribution in [0.25, 0.3) is 0 Å². The van der Waals surface area contributed by atoms with E-state index < -0.39 is 11.6 Å². The van der Waals surface area contributed by atoms with Crippen LogP contribution in [-0.4, -0.2) is 29.2 Å². The first kappa shape index (κ1) is 15.7. The summed E-state index contributed by atoms with van der Waals surface area (Å²) >= 11 is 0. The number of halogens is 1. The molecule has 0 aromatic carbocycles. The fourth-order valence-electron chi connectivity index (χ4n) is 1.68. The highest BCUT2D eigenvalue weighted by molar-refractivity contribution is 5.85. The van der Waals surface area contributed by atoms with E-state index in [0.717, 1.165) is 19.3 Å². The molecule has 0 saturated heterocycles. The summed E-state index contributed by atoms with van der Waals surface area (Å²) in [5.41, 5.74) is 5.05. The first-order valence-electron chi connectivity index (χ1n) is 5.72. The van der Waals surface area contributed by atoms with Crippen molar-refractivity contribution in [1.29, 1.82) is 0 Å². The van der Waals surface area contributed by atoms with E-state index in [4.69, 9.17) is 5.73 Å². The summed E-state index contributed by atoms with van der Waals surface area (Å²) in [6.07, 6.45) is 3.30. The topological polar surface area (TPSA) is 75.4 Å². The standard InChI is InChI=1S/C11H22N2O2.ClH/c1-3-6-11(2,12)10(15)13-7-9(14)8-4-5-8;/h8-9,14H,3-7,12H2,1-2H3,(H,13,15);1H. The Morgan fingerprint density at radius 1 is 1.62 bits per heavy atom. The van der Waals surface area contributed by atoms with Gasteiger partial charge < -0.3 is 16.2 Å². The highest BCUT2D eigenvalue weighted by atomic mass is 35.5. The maximum Gasteiger partial charge on any atom is 0.239 e. The van der Waals surface area contributed by atoms with Crippen LogP contribution in [0.3, 0.4) is 0 Å². The summed E-state index contributed by atoms with van der Waals surface area (Å²) in [6, 6.07) is 0. The molecule has 2 unspecified atom stereocenters. The molecule has 5 heteroatoms. The monoisotopic (exact) mass is 250 g/mol. The lowest BCUT2D eigenvalue weighted by atomic mass is 9.96. The molecule has 0 aromatic heterocycles. The minimum absolute atomic E-state index is 0. The lowest BCUT2D eigenvalue weighted by molar-refractivity contribution is -0.126. The average molecular weight is 251 g/mol. The van der Waals surface area contributed by atoms with E-state index >= 15 is 0 Å². The van der Waals surface area contributed by atoms with Gasteiger partial charge in [-0.3, -0.25) is 4.79 Å². The van der Waals surface area contributed by atoms with E-state index in [9.17, 15) is 9.90 Å². The smallest absolute Gasteiger partial charge is 0.239 e. The van der Waals surface area contributed by atoms with Gasteiger partial charge in [0.2, 0.25) is 5.91 Å². The van der Waals surface area contributed by atoms with E-state index in [-0.39, 0.29) is 18.3 Å². The Kier molecular flexibility index (Phi) is 6.30. The van der Waals surface area contributed by atoms with Gasteiger partial charge in [-0.25, -0.2) is 0 Å². The zero-order valence-corrected chi connectivity index (χ0v) is 10.8. The molecule has 1 fully saturated rings. The molecule has 0 aliphatic heterocycles. The van der Waals surface area contributed by atoms with E-state index in [1.165, 1.54) is 0 Å². The number of carbonyl (C=O) groups excluding carboxylic acids is 1. The summed E-state index contributed by atoms with van der Waals surface area (Å²) < 4.78 is 0. The van der Waals surface area contributed by atoms with Crippen LogP contribution < -0.4 is 11.1 Å². The summed E-state index contributed by atoms with van der Waals surface area (Å²) in [7, 11) is 0. The number of hydrogen-bond donors (Lipinski definition) is 3. The average Bonchev–Trinajstić information content (AvgIpc) is 2.96. The molecule has 0 bridgehead atoms. The van der Waals surface area contributed by atoms with Gasteiger partial charge in [-0.15, -0.1) is 12.4 Å². The van der Waals surface area contributed by atoms with Crippen molar-refractivity contribution in [2.45, 2.75) is 51.2 Å². The van der Waals surface area contributed by atoms with Crippen molar-refractivity contribution in [2.75, 3.05) is 6.54 Å². The van der Waals surface area contributed by atoms with Crippen LogP contribution in [0.2, 0.25) is 0 Å². The maximum absolute atomic E-state index is 11.7. The Hall–Kier alpha value is -0.320. The minimum Gasteiger partial charge on any atom is -0.391 e. The summed E-state index contributed by atoms with van der Waals surface area (Å²) in [4.78, 5) is 11.7. The highest BCUT2D eigenvalue weighted by Crippen LogP contribution is 2.32. The lowest BCUT2D eigenvalue weighted by Crippen LogP contribution is -2.53. The van der Waals surface area contributed by atoms with Crippen molar-refractivity contribution >= 4 is 18.3 Å². The highest BCUT2D eigenvalue weighted by Gasteiger charge is 2.32. The largest absolute Gasteiger partial charge is 0.391 e. The van der Waals surface area contributed by atoms with Gasteiger partial charge in [-0.05, 0) is 32.1 Å². The molecule has 1 amide bonds. The van der Waals surface area contributed by atoms with Gasteiger partial charge in [0.15, 0.2) is 0 Å². The zero-order chi connectivity index (χ0) is 11.5. The summed E-state index contributed by atoms with van der Waals surface area (Å²) in [5.74, 6) is 0.226. The molecule has 1 aliphatic rings. The third kappa shape index (κ3) is 4.68. The molecule has 2 atom stereocenters. The Bertz CT molecular complexity index is 230. The lowest BCUT2D eigenvalue weighted by Gasteiger charge is -2.23. The number of nitrogens with two attached hydrogens (primary N) is 1. The molecule has 0 spiro atoms. The van der Waals surface area contributed by atoms with E-state index in [1.54, 1.807) is 6.92 Å². The van der Waals surface area contributed by atoms with E-state index in [1.807, 2.05) is 6.92 Å². The van der Waals surface area contributed by atoms with Gasteiger partial charge in [-0.1, -0.05) is 13.3 Å². The first-order valence-corrected chi connectivity index (χ1v) is 5.72. The number of aliphatic hydroxyl groups excluding tert-OH is 1. The van der Waals surface area contributed by atoms with E-state index in [2.05, 4.69) is 5.32 Å². The molecule has 4 nitrogen and oxygen atoms in total. The molecule has 0 heterocycles. The quantitative estimate of drug-likeness (QED) is 0.653. The molecule has 1 aliphatic carbocycles. The van der Waals surface area contributed by atoms with Crippen LogP contribution in [0.5, 0.6) is 0 Å². The fraction of sp³-hybridized carbons (Fsp3) is 0.909. The molecule has 16 heavy (non-hydrogen) atoms. The van der Waals surface area contributed by atoms with Crippen molar-refractivity contribution in [3.63, 3.8) is 0 Å². The zero-order valence-electron chi connectivity index (χ0n) is 10.0. The Labute approximate surface area is 103 Å². The van der Waals surface area contributed by atoms with Crippen molar-refractivity contribution in [2.24, 2.45) is 11.7 Å². The summed E-state index contributed by atoms with van der Waals surface area (Å²) in [5, 5.41) is 12.3. The normalized spacial score (nSPS) is 20.5. The molecule has 1 saturated carbocycles. The molecular formula is C11H23ClN2O2. The van der Waals surface area contributed by atoms with Gasteiger partial charge in [0.05, 0.1) is 11.6 Å². The Morgan fingerprint density at radius 3 is 2.62 bits per heavy atom. The minimum atomic E-state index is -0.808. The van der Waals surface area contributed by atoms with Crippen molar-refractivity contribution < 1.29 is 9.90 Å². The second-order valence-corrected chi connectivity index (χ2v) is 4.78. The molecule has 0 aromatic rings. The van der Waals surface area contributed by atoms with Gasteiger partial charge in [0.1, 0.15) is 0 Å². The third-order valence-corrected chi connectivity index (χ3v) is 2.93.